The summed E-state index contributed by atoms with van der Waals surface area (Å²) in [6.45, 7) is 7.18. The largest absolute Gasteiger partial charge is 0.487 e. The van der Waals surface area contributed by atoms with E-state index < -0.39 is 27.2 Å². The number of nitrogens with one attached hydrogen (secondary N) is 1. The number of carbonyl (C=O) groups excluding carboxylic acids is 1. The Morgan fingerprint density at radius 3 is 2.36 bits per heavy atom. The third-order valence-corrected chi connectivity index (χ3v) is 6.68. The summed E-state index contributed by atoms with van der Waals surface area (Å²) in [7, 11) is -2.94. The molecular formula is C26H32N2O7S. The van der Waals surface area contributed by atoms with Gasteiger partial charge in [-0.2, -0.15) is 8.42 Å². The molecule has 1 N–H and O–H groups in total. The van der Waals surface area contributed by atoms with Crippen LogP contribution in [0.15, 0.2) is 59.0 Å². The van der Waals surface area contributed by atoms with Crippen molar-refractivity contribution in [3.05, 3.63) is 71.6 Å². The third-order valence-electron chi connectivity index (χ3n) is 5.17. The second-order valence-corrected chi connectivity index (χ2v) is 11.0. The number of aryl methyl sites for hydroxylation is 2. The highest BCUT2D eigenvalue weighted by Crippen LogP contribution is 2.23. The minimum absolute atomic E-state index is 0.107. The lowest BCUT2D eigenvalue weighted by Crippen LogP contribution is -2.44. The smallest absolute Gasteiger partial charge is 0.408 e. The van der Waals surface area contributed by atoms with Crippen LogP contribution in [0.1, 0.15) is 44.2 Å². The quantitative estimate of drug-likeness (QED) is 0.375. The second kappa shape index (κ2) is 11.6. The molecule has 1 aromatic heterocycles. The first-order valence-electron chi connectivity index (χ1n) is 11.5. The first-order chi connectivity index (χ1) is 17.0. The lowest BCUT2D eigenvalue weighted by atomic mass is 10.1. The number of aromatic nitrogens is 1. The molecule has 0 radical (unpaired) electrons. The van der Waals surface area contributed by atoms with Gasteiger partial charge in [-0.1, -0.05) is 30.3 Å². The van der Waals surface area contributed by atoms with Crippen LogP contribution in [0.2, 0.25) is 0 Å². The van der Waals surface area contributed by atoms with E-state index in [2.05, 4.69) is 14.5 Å². The summed E-state index contributed by atoms with van der Waals surface area (Å²) < 4.78 is 46.0. The van der Waals surface area contributed by atoms with Gasteiger partial charge in [-0.15, -0.1) is 0 Å². The molecule has 10 heteroatoms. The van der Waals surface area contributed by atoms with E-state index in [9.17, 15) is 13.2 Å². The number of ether oxygens (including phenoxy) is 2. The number of alkyl carbamates (subject to hydrolysis) is 1. The first kappa shape index (κ1) is 27.2. The number of hydrogen-bond acceptors (Lipinski definition) is 8. The summed E-state index contributed by atoms with van der Waals surface area (Å²) >= 11 is 0. The van der Waals surface area contributed by atoms with Crippen LogP contribution in [0.4, 0.5) is 4.79 Å². The maximum Gasteiger partial charge on any atom is 0.408 e. The maximum atomic E-state index is 12.3. The van der Waals surface area contributed by atoms with Gasteiger partial charge in [0.05, 0.1) is 7.11 Å². The van der Waals surface area contributed by atoms with Crippen molar-refractivity contribution < 1.29 is 31.3 Å². The summed E-state index contributed by atoms with van der Waals surface area (Å²) in [6, 6.07) is 16.9. The van der Waals surface area contributed by atoms with Crippen molar-refractivity contribution in [3.8, 4) is 17.2 Å². The number of oxazole rings is 1. The molecule has 194 valence electrons. The van der Waals surface area contributed by atoms with Gasteiger partial charge in [0.15, 0.2) is 5.37 Å². The normalized spacial score (nSPS) is 12.7. The molecule has 3 aromatic rings. The van der Waals surface area contributed by atoms with Gasteiger partial charge in [-0.05, 0) is 70.4 Å². The Morgan fingerprint density at radius 1 is 1.08 bits per heavy atom. The van der Waals surface area contributed by atoms with Crippen LogP contribution >= 0.6 is 0 Å². The van der Waals surface area contributed by atoms with Crippen molar-refractivity contribution >= 4 is 16.2 Å². The van der Waals surface area contributed by atoms with Crippen LogP contribution in [-0.2, 0) is 32.1 Å². The van der Waals surface area contributed by atoms with Crippen molar-refractivity contribution in [1.29, 1.82) is 0 Å². The van der Waals surface area contributed by atoms with Crippen molar-refractivity contribution in [1.82, 2.24) is 10.3 Å². The third kappa shape index (κ3) is 7.82. The number of benzene rings is 2. The Kier molecular flexibility index (Phi) is 8.75. The zero-order chi connectivity index (χ0) is 26.3. The molecule has 0 aliphatic carbocycles. The fourth-order valence-electron chi connectivity index (χ4n) is 3.31. The molecule has 0 spiro atoms. The van der Waals surface area contributed by atoms with Crippen LogP contribution in [0.5, 0.6) is 5.75 Å². The zero-order valence-electron chi connectivity index (χ0n) is 21.1. The molecule has 0 fully saturated rings. The van der Waals surface area contributed by atoms with Crippen LogP contribution in [0, 0.1) is 6.92 Å². The summed E-state index contributed by atoms with van der Waals surface area (Å²) in [5.41, 5.74) is 1.72. The van der Waals surface area contributed by atoms with Crippen LogP contribution < -0.4 is 10.1 Å². The summed E-state index contributed by atoms with van der Waals surface area (Å²) in [5, 5.41) is 1.14. The Bertz CT molecular complexity index is 1250. The molecule has 0 bridgehead atoms. The first-order valence-corrected chi connectivity index (χ1v) is 13.0. The minimum atomic E-state index is -4.00. The van der Waals surface area contributed by atoms with E-state index in [-0.39, 0.29) is 13.0 Å². The molecule has 0 aliphatic rings. The predicted octanol–water partition coefficient (Wildman–Crippen LogP) is 4.99. The van der Waals surface area contributed by atoms with E-state index in [4.69, 9.17) is 13.9 Å². The topological polar surface area (TPSA) is 117 Å². The summed E-state index contributed by atoms with van der Waals surface area (Å²) in [5.74, 6) is 1.87. The molecule has 1 atom stereocenters. The highest BCUT2D eigenvalue weighted by atomic mass is 32.2. The average Bonchev–Trinajstić information content (AvgIpc) is 3.21. The standard InChI is InChI=1S/C26H32N2O7S/c1-18-22(27-24(34-18)20-9-7-6-8-10-20)17-33-21-14-11-19(12-15-21)13-16-23(36(30,31)32-5)28-25(29)35-26(2,3)4/h6-12,14-15,23H,13,16-17H2,1-5H3,(H,28,29)/t23-/m0/s1. The number of nitrogens with zero attached hydrogens (tertiary/aromatic N) is 1. The minimum Gasteiger partial charge on any atom is -0.487 e. The monoisotopic (exact) mass is 516 g/mol. The lowest BCUT2D eigenvalue weighted by molar-refractivity contribution is 0.0515. The Hall–Kier alpha value is -3.37. The summed E-state index contributed by atoms with van der Waals surface area (Å²) in [6.07, 6.45) is -0.335. The molecule has 9 nitrogen and oxygen atoms in total. The SMILES string of the molecule is COS(=O)(=O)[C@@H](CCc1ccc(OCc2nc(-c3ccccc3)oc2C)cc1)NC(=O)OC(C)(C)C. The Labute approximate surface area is 211 Å². The van der Waals surface area contributed by atoms with E-state index in [1.54, 1.807) is 32.9 Å². The van der Waals surface area contributed by atoms with Gasteiger partial charge >= 0.3 is 6.09 Å². The van der Waals surface area contributed by atoms with Gasteiger partial charge in [-0.25, -0.2) is 9.78 Å². The van der Waals surface area contributed by atoms with E-state index in [1.807, 2.05) is 49.4 Å². The molecule has 0 saturated carbocycles. The van der Waals surface area contributed by atoms with Crippen molar-refractivity contribution in [2.45, 2.75) is 58.1 Å². The number of carbonyl (C=O) groups is 1. The van der Waals surface area contributed by atoms with Gasteiger partial charge in [0, 0.05) is 5.56 Å². The molecule has 0 saturated heterocycles. The van der Waals surface area contributed by atoms with E-state index in [1.165, 1.54) is 0 Å². The lowest BCUT2D eigenvalue weighted by Gasteiger charge is -2.23. The van der Waals surface area contributed by atoms with Crippen molar-refractivity contribution in [2.75, 3.05) is 7.11 Å². The fraction of sp³-hybridized carbons (Fsp3) is 0.385. The van der Waals surface area contributed by atoms with Crippen LogP contribution in [0.25, 0.3) is 11.5 Å². The van der Waals surface area contributed by atoms with E-state index in [0.29, 0.717) is 29.5 Å². The Balaban J connectivity index is 1.58. The van der Waals surface area contributed by atoms with Crippen molar-refractivity contribution in [3.63, 3.8) is 0 Å². The predicted molar refractivity (Wildman–Crippen MR) is 135 cm³/mol. The second-order valence-electron chi connectivity index (χ2n) is 9.15. The fourth-order valence-corrected chi connectivity index (χ4v) is 4.19. The highest BCUT2D eigenvalue weighted by molar-refractivity contribution is 7.87. The van der Waals surface area contributed by atoms with Gasteiger partial charge in [0.2, 0.25) is 5.89 Å². The molecule has 1 amide bonds. The van der Waals surface area contributed by atoms with Gasteiger partial charge in [0.1, 0.15) is 29.4 Å². The van der Waals surface area contributed by atoms with Gasteiger partial charge in [-0.3, -0.25) is 4.18 Å². The van der Waals surface area contributed by atoms with E-state index >= 15 is 0 Å². The van der Waals surface area contributed by atoms with E-state index in [0.717, 1.165) is 18.2 Å². The Morgan fingerprint density at radius 2 is 1.75 bits per heavy atom. The molecule has 0 unspecified atom stereocenters. The summed E-state index contributed by atoms with van der Waals surface area (Å²) in [4.78, 5) is 16.6. The molecule has 1 heterocycles. The average molecular weight is 517 g/mol. The van der Waals surface area contributed by atoms with Crippen LogP contribution in [0.3, 0.4) is 0 Å². The highest BCUT2D eigenvalue weighted by Gasteiger charge is 2.29. The van der Waals surface area contributed by atoms with Gasteiger partial charge < -0.3 is 19.2 Å². The zero-order valence-corrected chi connectivity index (χ0v) is 21.9. The maximum absolute atomic E-state index is 12.3. The van der Waals surface area contributed by atoms with Gasteiger partial charge in [0.25, 0.3) is 10.1 Å². The molecular weight excluding hydrogens is 484 g/mol. The molecule has 0 aliphatic heterocycles. The molecule has 3 rings (SSSR count). The van der Waals surface area contributed by atoms with Crippen LogP contribution in [-0.4, -0.2) is 37.6 Å². The van der Waals surface area contributed by atoms with Crippen molar-refractivity contribution in [2.24, 2.45) is 0 Å². The molecule has 2 aromatic carbocycles. The molecule has 36 heavy (non-hydrogen) atoms. The number of rotatable bonds is 10. The number of amides is 1. The number of hydrogen-bond donors (Lipinski definition) is 1.